The Morgan fingerprint density at radius 3 is 1.64 bits per heavy atom. The predicted octanol–water partition coefficient (Wildman–Crippen LogP) is 12.8. The van der Waals surface area contributed by atoms with Gasteiger partial charge in [0.05, 0.1) is 0 Å². The third-order valence-electron chi connectivity index (χ3n) is 10.8. The van der Waals surface area contributed by atoms with Gasteiger partial charge in [-0.1, -0.05) is 0 Å². The van der Waals surface area contributed by atoms with E-state index in [4.69, 9.17) is 0 Å². The molecule has 0 fully saturated rings. The van der Waals surface area contributed by atoms with Gasteiger partial charge < -0.3 is 0 Å². The third-order valence-corrected chi connectivity index (χ3v) is 32.6. The molecule has 2 atom stereocenters. The van der Waals surface area contributed by atoms with E-state index in [1.165, 1.54) is 50.1 Å². The minimum absolute atomic E-state index is 0.160. The minimum atomic E-state index is -2.19. The average molecular weight is 715 g/mol. The van der Waals surface area contributed by atoms with Crippen LogP contribution in [-0.4, -0.2) is 5.92 Å². The first-order valence-electron chi connectivity index (χ1n) is 17.8. The van der Waals surface area contributed by atoms with E-state index < -0.39 is 26.8 Å². The fourth-order valence-electron chi connectivity index (χ4n) is 8.19. The van der Waals surface area contributed by atoms with E-state index in [9.17, 15) is 0 Å². The van der Waals surface area contributed by atoms with Crippen molar-refractivity contribution in [3.63, 3.8) is 0 Å². The molecule has 0 saturated carbocycles. The van der Waals surface area contributed by atoms with Crippen LogP contribution in [0.3, 0.4) is 0 Å². The van der Waals surface area contributed by atoms with Gasteiger partial charge in [-0.15, -0.1) is 0 Å². The van der Waals surface area contributed by atoms with E-state index in [0.717, 1.165) is 0 Å². The number of benzene rings is 4. The zero-order chi connectivity index (χ0) is 34.0. The van der Waals surface area contributed by atoms with Crippen LogP contribution in [0, 0.1) is 12.8 Å². The summed E-state index contributed by atoms with van der Waals surface area (Å²) in [6.45, 7) is 28.9. The first-order valence-corrected chi connectivity index (χ1v) is 27.8. The average Bonchev–Trinajstić information content (AvgIpc) is 3.56. The summed E-state index contributed by atoms with van der Waals surface area (Å²) in [5.41, 5.74) is 19.8. The summed E-state index contributed by atoms with van der Waals surface area (Å²) in [6.07, 6.45) is 5.24. The van der Waals surface area contributed by atoms with E-state index in [0.29, 0.717) is 13.2 Å². The van der Waals surface area contributed by atoms with Crippen molar-refractivity contribution in [3.8, 4) is 22.3 Å². The van der Waals surface area contributed by atoms with Gasteiger partial charge in [-0.25, -0.2) is 0 Å². The van der Waals surface area contributed by atoms with Crippen molar-refractivity contribution in [3.05, 3.63) is 129 Å². The molecule has 0 spiro atoms. The van der Waals surface area contributed by atoms with Crippen LogP contribution in [0.25, 0.3) is 34.4 Å². The molecule has 2 heteroatoms. The molecule has 243 valence electrons. The molecular weight excluding hydrogens is 660 g/mol. The van der Waals surface area contributed by atoms with Crippen molar-refractivity contribution >= 4 is 18.1 Å². The predicted molar refractivity (Wildman–Crippen MR) is 207 cm³/mol. The molecule has 0 amide bonds. The second-order valence-corrected chi connectivity index (χ2v) is 37.0. The monoisotopic (exact) mass is 713 g/mol. The van der Waals surface area contributed by atoms with Crippen LogP contribution < -0.4 is 0 Å². The second kappa shape index (κ2) is 12.7. The number of allylic oxidation sites excluding steroid dienone is 2. The van der Waals surface area contributed by atoms with E-state index >= 15 is 0 Å². The van der Waals surface area contributed by atoms with Gasteiger partial charge >= 0.3 is 297 Å². The van der Waals surface area contributed by atoms with Crippen molar-refractivity contribution in [2.75, 3.05) is 0 Å². The summed E-state index contributed by atoms with van der Waals surface area (Å²) >= 11 is -2.19. The Hall–Kier alpha value is -2.54. The van der Waals surface area contributed by atoms with Crippen LogP contribution in [0.1, 0.15) is 109 Å². The maximum absolute atomic E-state index is 2.69. The van der Waals surface area contributed by atoms with Gasteiger partial charge in [0, 0.05) is 0 Å². The Labute approximate surface area is 294 Å². The second-order valence-electron chi connectivity index (χ2n) is 16.9. The normalized spacial score (nSPS) is 17.6. The first kappa shape index (κ1) is 34.3. The molecule has 0 bridgehead atoms. The van der Waals surface area contributed by atoms with E-state index in [1.54, 1.807) is 22.3 Å². The molecule has 2 aliphatic rings. The van der Waals surface area contributed by atoms with Gasteiger partial charge in [0.1, 0.15) is 0 Å². The number of hydrogen-bond donors (Lipinski definition) is 0. The molecule has 0 aliphatic heterocycles. The van der Waals surface area contributed by atoms with Crippen LogP contribution >= 0.6 is 0 Å². The van der Waals surface area contributed by atoms with Crippen LogP contribution in [0.2, 0.25) is 13.1 Å². The van der Waals surface area contributed by atoms with Crippen LogP contribution in [0.5, 0.6) is 0 Å². The fourth-order valence-corrected chi connectivity index (χ4v) is 31.6. The van der Waals surface area contributed by atoms with Crippen molar-refractivity contribution in [2.45, 2.75) is 100 Å². The van der Waals surface area contributed by atoms with Crippen molar-refractivity contribution in [2.24, 2.45) is 5.92 Å². The Kier molecular flexibility index (Phi) is 9.30. The van der Waals surface area contributed by atoms with E-state index in [2.05, 4.69) is 173 Å². The Balaban J connectivity index is 1.46. The summed E-state index contributed by atoms with van der Waals surface area (Å²) in [4.78, 5) is 0. The molecule has 47 heavy (non-hydrogen) atoms. The molecule has 2 unspecified atom stereocenters. The standard InChI is InChI=1S/C22H25.C21H23.C2H7Si.Zr/c1-15(2)18-13-17-7-6-8-20(21(17)14-18)16-9-11-19(12-10-16)22(3,4)5;1-14-12-19-15(2)6-11-18(20(19)13-14)16-7-9-17(10-8-16)21(3,4)5;1-3-2;/h6-15H,1-5H3;6-13H,1-5H3;3H,1-2H3;. The van der Waals surface area contributed by atoms with E-state index in [-0.39, 0.29) is 10.8 Å². The summed E-state index contributed by atoms with van der Waals surface area (Å²) in [5.74, 6) is -0.417. The molecule has 4 aromatic carbocycles. The Bertz CT molecular complexity index is 1850. The van der Waals surface area contributed by atoms with Crippen LogP contribution in [0.15, 0.2) is 90.0 Å². The molecule has 0 aromatic heterocycles. The summed E-state index contributed by atoms with van der Waals surface area (Å²) in [5, 5.41) is 0. The molecule has 0 radical (unpaired) electrons. The van der Waals surface area contributed by atoms with Gasteiger partial charge in [-0.05, 0) is 0 Å². The third kappa shape index (κ3) is 6.35. The summed E-state index contributed by atoms with van der Waals surface area (Å²) in [7, 11) is 0. The number of fused-ring (bicyclic) bond motifs is 2. The summed E-state index contributed by atoms with van der Waals surface area (Å²) in [6, 6.07) is 30.9. The molecule has 0 saturated heterocycles. The zero-order valence-corrected chi connectivity index (χ0v) is 34.6. The van der Waals surface area contributed by atoms with Gasteiger partial charge in [0.25, 0.3) is 0 Å². The molecule has 4 aromatic rings. The molecule has 0 N–H and O–H groups in total. The van der Waals surface area contributed by atoms with Crippen molar-refractivity contribution in [1.29, 1.82) is 0 Å². The molecular formula is C45H55SiZr. The Morgan fingerprint density at radius 2 is 1.15 bits per heavy atom. The Morgan fingerprint density at radius 1 is 0.617 bits per heavy atom. The molecule has 0 nitrogen and oxygen atoms in total. The quantitative estimate of drug-likeness (QED) is 0.174. The van der Waals surface area contributed by atoms with Gasteiger partial charge in [-0.2, -0.15) is 0 Å². The van der Waals surface area contributed by atoms with Crippen molar-refractivity contribution < 1.29 is 20.9 Å². The van der Waals surface area contributed by atoms with Crippen LogP contribution in [-0.2, 0) is 31.7 Å². The van der Waals surface area contributed by atoms with Gasteiger partial charge in [0.15, 0.2) is 0 Å². The number of rotatable bonds is 6. The van der Waals surface area contributed by atoms with Gasteiger partial charge in [-0.3, -0.25) is 0 Å². The first-order chi connectivity index (χ1) is 22.1. The summed E-state index contributed by atoms with van der Waals surface area (Å²) < 4.78 is 1.28. The fraction of sp³-hybridized carbons (Fsp3) is 0.378. The molecule has 6 rings (SSSR count). The van der Waals surface area contributed by atoms with Gasteiger partial charge in [0.2, 0.25) is 0 Å². The number of aryl methyl sites for hydroxylation is 1. The number of hydrogen-bond acceptors (Lipinski definition) is 0. The zero-order valence-electron chi connectivity index (χ0n) is 31.0. The maximum atomic E-state index is 2.69. The van der Waals surface area contributed by atoms with E-state index in [1.807, 2.05) is 0 Å². The van der Waals surface area contributed by atoms with Crippen LogP contribution in [0.4, 0.5) is 0 Å². The molecule has 2 aliphatic carbocycles. The molecule has 0 heterocycles. The topological polar surface area (TPSA) is 0 Å². The van der Waals surface area contributed by atoms with Crippen molar-refractivity contribution in [1.82, 2.24) is 0 Å². The SMILES string of the molecule is CC1=Cc2c(-c3ccc(C(C)(C)C)cc3)ccc(C)c2[CH]1[Zr]([CH]1C(C(C)C)=Cc2c(-c3ccc(C(C)(C)C)cc3)cccc21)[SiH](C)C.